The first-order valence-electron chi connectivity index (χ1n) is 3.98. The van der Waals surface area contributed by atoms with E-state index in [1.807, 2.05) is 30.3 Å². The summed E-state index contributed by atoms with van der Waals surface area (Å²) in [6.07, 6.45) is 1.72. The maximum atomic E-state index is 5.48. The van der Waals surface area contributed by atoms with E-state index in [-0.39, 0.29) is 0 Å². The highest BCUT2D eigenvalue weighted by atomic mass is 32.1. The number of hydrogen-bond acceptors (Lipinski definition) is 2. The standard InChI is InChI=1S/C10H12N2S/c1-8(11)7-10(13)12-9-5-3-2-4-6-9/h2-7H,11H2,1H3,(H,12,13)/b8-7+. The SMILES string of the molecule is C/C(N)=C\C(=S)Nc1ccccc1. The molecule has 0 spiro atoms. The first-order chi connectivity index (χ1) is 6.18. The monoisotopic (exact) mass is 192 g/mol. The van der Waals surface area contributed by atoms with Gasteiger partial charge in [-0.3, -0.25) is 0 Å². The molecule has 0 aliphatic carbocycles. The van der Waals surface area contributed by atoms with Gasteiger partial charge in [0.25, 0.3) is 0 Å². The molecule has 68 valence electrons. The molecule has 2 nitrogen and oxygen atoms in total. The minimum atomic E-state index is 0.631. The fourth-order valence-electron chi connectivity index (χ4n) is 0.907. The van der Waals surface area contributed by atoms with E-state index in [4.69, 9.17) is 18.0 Å². The predicted molar refractivity (Wildman–Crippen MR) is 60.6 cm³/mol. The first-order valence-corrected chi connectivity index (χ1v) is 4.39. The van der Waals surface area contributed by atoms with Crippen LogP contribution in [0.1, 0.15) is 6.92 Å². The van der Waals surface area contributed by atoms with Crippen molar-refractivity contribution in [3.8, 4) is 0 Å². The second-order valence-electron chi connectivity index (χ2n) is 2.74. The number of nitrogens with one attached hydrogen (secondary N) is 1. The molecular formula is C10H12N2S. The summed E-state index contributed by atoms with van der Waals surface area (Å²) in [6.45, 7) is 1.80. The van der Waals surface area contributed by atoms with Crippen LogP contribution in [0.15, 0.2) is 42.1 Å². The van der Waals surface area contributed by atoms with Gasteiger partial charge in [-0.25, -0.2) is 0 Å². The Bertz CT molecular complexity index is 313. The largest absolute Gasteiger partial charge is 0.402 e. The smallest absolute Gasteiger partial charge is 0.105 e. The highest BCUT2D eigenvalue weighted by molar-refractivity contribution is 7.81. The van der Waals surface area contributed by atoms with Crippen LogP contribution in [0.4, 0.5) is 5.69 Å². The van der Waals surface area contributed by atoms with Crippen molar-refractivity contribution in [1.29, 1.82) is 0 Å². The molecule has 0 saturated carbocycles. The molecule has 0 saturated heterocycles. The van der Waals surface area contributed by atoms with Crippen molar-refractivity contribution in [2.45, 2.75) is 6.92 Å². The summed E-state index contributed by atoms with van der Waals surface area (Å²) in [4.78, 5) is 0.631. The van der Waals surface area contributed by atoms with Gasteiger partial charge in [0.05, 0.1) is 0 Å². The summed E-state index contributed by atoms with van der Waals surface area (Å²) in [7, 11) is 0. The molecule has 1 aromatic carbocycles. The third kappa shape index (κ3) is 3.71. The predicted octanol–water partition coefficient (Wildman–Crippen LogP) is 2.29. The Morgan fingerprint density at radius 3 is 2.54 bits per heavy atom. The van der Waals surface area contributed by atoms with E-state index >= 15 is 0 Å². The fourth-order valence-corrected chi connectivity index (χ4v) is 1.21. The Morgan fingerprint density at radius 2 is 2.00 bits per heavy atom. The summed E-state index contributed by atoms with van der Waals surface area (Å²) in [5.74, 6) is 0. The van der Waals surface area contributed by atoms with Crippen LogP contribution in [0, 0.1) is 0 Å². The van der Waals surface area contributed by atoms with Crippen molar-refractivity contribution < 1.29 is 0 Å². The van der Waals surface area contributed by atoms with Crippen LogP contribution in [-0.2, 0) is 0 Å². The molecule has 13 heavy (non-hydrogen) atoms. The van der Waals surface area contributed by atoms with Crippen molar-refractivity contribution in [3.05, 3.63) is 42.1 Å². The second kappa shape index (κ2) is 4.62. The molecule has 0 aliphatic rings. The Morgan fingerprint density at radius 1 is 1.38 bits per heavy atom. The van der Waals surface area contributed by atoms with Crippen LogP contribution in [-0.4, -0.2) is 4.99 Å². The third-order valence-electron chi connectivity index (χ3n) is 1.40. The number of anilines is 1. The van der Waals surface area contributed by atoms with E-state index in [0.29, 0.717) is 10.7 Å². The number of nitrogens with two attached hydrogens (primary N) is 1. The number of benzene rings is 1. The van der Waals surface area contributed by atoms with E-state index in [1.165, 1.54) is 0 Å². The molecule has 0 aliphatic heterocycles. The Kier molecular flexibility index (Phi) is 3.46. The Labute approximate surface area is 83.5 Å². The van der Waals surface area contributed by atoms with Gasteiger partial charge in [0, 0.05) is 11.4 Å². The van der Waals surface area contributed by atoms with Gasteiger partial charge >= 0.3 is 0 Å². The number of para-hydroxylation sites is 1. The summed E-state index contributed by atoms with van der Waals surface area (Å²) in [6, 6.07) is 9.75. The van der Waals surface area contributed by atoms with Crippen molar-refractivity contribution in [2.75, 3.05) is 5.32 Å². The lowest BCUT2D eigenvalue weighted by Gasteiger charge is -2.03. The lowest BCUT2D eigenvalue weighted by atomic mass is 10.3. The Balaban J connectivity index is 2.61. The quantitative estimate of drug-likeness (QED) is 0.557. The van der Waals surface area contributed by atoms with Gasteiger partial charge < -0.3 is 11.1 Å². The molecule has 0 radical (unpaired) electrons. The van der Waals surface area contributed by atoms with Gasteiger partial charge in [0.2, 0.25) is 0 Å². The number of allylic oxidation sites excluding steroid dienone is 1. The molecular weight excluding hydrogens is 180 g/mol. The topological polar surface area (TPSA) is 38.0 Å². The van der Waals surface area contributed by atoms with E-state index in [0.717, 1.165) is 5.69 Å². The van der Waals surface area contributed by atoms with Crippen LogP contribution in [0.25, 0.3) is 0 Å². The Hall–Kier alpha value is -1.35. The minimum Gasteiger partial charge on any atom is -0.402 e. The molecule has 1 aromatic rings. The zero-order valence-electron chi connectivity index (χ0n) is 7.45. The molecule has 0 aromatic heterocycles. The van der Waals surface area contributed by atoms with E-state index in [2.05, 4.69) is 5.32 Å². The maximum absolute atomic E-state index is 5.48. The molecule has 3 N–H and O–H groups in total. The van der Waals surface area contributed by atoms with Crippen LogP contribution >= 0.6 is 12.2 Å². The van der Waals surface area contributed by atoms with Crippen molar-refractivity contribution in [3.63, 3.8) is 0 Å². The summed E-state index contributed by atoms with van der Waals surface area (Å²) in [5, 5.41) is 3.05. The molecule has 0 fully saturated rings. The van der Waals surface area contributed by atoms with Crippen LogP contribution in [0.3, 0.4) is 0 Å². The molecule has 1 rings (SSSR count). The minimum absolute atomic E-state index is 0.631. The first kappa shape index (κ1) is 9.74. The number of thiocarbonyl (C=S) groups is 1. The van der Waals surface area contributed by atoms with Crippen LogP contribution in [0.5, 0.6) is 0 Å². The zero-order chi connectivity index (χ0) is 9.68. The van der Waals surface area contributed by atoms with Gasteiger partial charge in [-0.15, -0.1) is 0 Å². The summed E-state index contributed by atoms with van der Waals surface area (Å²) >= 11 is 5.04. The van der Waals surface area contributed by atoms with Crippen LogP contribution in [0.2, 0.25) is 0 Å². The van der Waals surface area contributed by atoms with Gasteiger partial charge in [-0.2, -0.15) is 0 Å². The maximum Gasteiger partial charge on any atom is 0.105 e. The highest BCUT2D eigenvalue weighted by Gasteiger charge is 1.92. The lowest BCUT2D eigenvalue weighted by molar-refractivity contribution is 1.33. The fraction of sp³-hybridized carbons (Fsp3) is 0.100. The molecule has 0 amide bonds. The highest BCUT2D eigenvalue weighted by Crippen LogP contribution is 2.05. The van der Waals surface area contributed by atoms with Crippen molar-refractivity contribution >= 4 is 22.9 Å². The molecule has 0 bridgehead atoms. The van der Waals surface area contributed by atoms with Crippen LogP contribution < -0.4 is 11.1 Å². The van der Waals surface area contributed by atoms with Gasteiger partial charge in [0.15, 0.2) is 0 Å². The third-order valence-corrected chi connectivity index (χ3v) is 1.62. The number of hydrogen-bond donors (Lipinski definition) is 2. The van der Waals surface area contributed by atoms with E-state index in [9.17, 15) is 0 Å². The molecule has 3 heteroatoms. The van der Waals surface area contributed by atoms with Gasteiger partial charge in [-0.05, 0) is 25.1 Å². The summed E-state index contributed by atoms with van der Waals surface area (Å²) < 4.78 is 0. The van der Waals surface area contributed by atoms with Gasteiger partial charge in [-0.1, -0.05) is 30.4 Å². The summed E-state index contributed by atoms with van der Waals surface area (Å²) in [5.41, 5.74) is 7.16. The van der Waals surface area contributed by atoms with E-state index < -0.39 is 0 Å². The number of rotatable bonds is 2. The lowest BCUT2D eigenvalue weighted by Crippen LogP contribution is -2.07. The molecule has 0 unspecified atom stereocenters. The average Bonchev–Trinajstić information content (AvgIpc) is 2.04. The second-order valence-corrected chi connectivity index (χ2v) is 3.18. The van der Waals surface area contributed by atoms with E-state index in [1.54, 1.807) is 13.0 Å². The normalized spacial score (nSPS) is 11.0. The zero-order valence-corrected chi connectivity index (χ0v) is 8.27. The van der Waals surface area contributed by atoms with Crippen molar-refractivity contribution in [1.82, 2.24) is 0 Å². The van der Waals surface area contributed by atoms with Gasteiger partial charge in [0.1, 0.15) is 4.99 Å². The van der Waals surface area contributed by atoms with Crippen molar-refractivity contribution in [2.24, 2.45) is 5.73 Å². The molecule has 0 atom stereocenters. The average molecular weight is 192 g/mol. The molecule has 0 heterocycles.